The number of alkyl halides is 1. The van der Waals surface area contributed by atoms with Gasteiger partial charge in [-0.15, -0.1) is 11.6 Å². The summed E-state index contributed by atoms with van der Waals surface area (Å²) >= 11 is 6.56. The number of aromatic amines is 2. The summed E-state index contributed by atoms with van der Waals surface area (Å²) in [7, 11) is 3.50. The molecule has 11 nitrogen and oxygen atoms in total. The molecule has 1 unspecified atom stereocenters. The second-order valence-electron chi connectivity index (χ2n) is 14.6. The summed E-state index contributed by atoms with van der Waals surface area (Å²) in [5, 5.41) is 6.89. The van der Waals surface area contributed by atoms with Gasteiger partial charge >= 0.3 is 6.09 Å². The number of carbonyl (C=O) groups excluding carboxylic acids is 3. The van der Waals surface area contributed by atoms with E-state index in [0.29, 0.717) is 70.4 Å². The van der Waals surface area contributed by atoms with Gasteiger partial charge in [0.1, 0.15) is 28.0 Å². The van der Waals surface area contributed by atoms with E-state index in [4.69, 9.17) is 16.3 Å². The highest BCUT2D eigenvalue weighted by Crippen LogP contribution is 2.46. The van der Waals surface area contributed by atoms with Gasteiger partial charge in [-0.3, -0.25) is 14.5 Å². The Kier molecular flexibility index (Phi) is 11.2. The Morgan fingerprint density at radius 3 is 2.41 bits per heavy atom. The quantitative estimate of drug-likeness (QED) is 0.0668. The van der Waals surface area contributed by atoms with Gasteiger partial charge in [0, 0.05) is 95.4 Å². The average Bonchev–Trinajstić information content (AvgIpc) is 3.99. The predicted octanol–water partition coefficient (Wildman–Crippen LogP) is 9.52. The van der Waals surface area contributed by atoms with Gasteiger partial charge in [0.05, 0.1) is 5.69 Å². The Morgan fingerprint density at radius 2 is 1.61 bits per heavy atom. The van der Waals surface area contributed by atoms with Gasteiger partial charge in [0.2, 0.25) is 0 Å². The Morgan fingerprint density at radius 1 is 0.864 bits per heavy atom. The number of pyridine rings is 1. The number of rotatable bonds is 11. The third-order valence-corrected chi connectivity index (χ3v) is 13.5. The molecule has 15 heteroatoms. The van der Waals surface area contributed by atoms with Crippen LogP contribution in [0.3, 0.4) is 0 Å². The molecule has 7 aromatic rings. The summed E-state index contributed by atoms with van der Waals surface area (Å²) in [6.45, 7) is 3.97. The van der Waals surface area contributed by atoms with Crippen molar-refractivity contribution in [3.63, 3.8) is 0 Å². The van der Waals surface area contributed by atoms with Gasteiger partial charge in [-0.1, -0.05) is 41.1 Å². The average molecular weight is 848 g/mol. The van der Waals surface area contributed by atoms with E-state index in [9.17, 15) is 18.8 Å². The Bertz CT molecular complexity index is 2700. The van der Waals surface area contributed by atoms with Crippen LogP contribution in [0.15, 0.2) is 108 Å². The molecule has 3 aromatic heterocycles. The number of carbonyl (C=O) groups is 3. The van der Waals surface area contributed by atoms with Crippen molar-refractivity contribution in [2.45, 2.75) is 17.4 Å². The van der Waals surface area contributed by atoms with Gasteiger partial charge in [-0.05, 0) is 95.4 Å². The molecule has 1 saturated heterocycles. The molecule has 3 amide bonds. The number of hydrogen-bond donors (Lipinski definition) is 3. The fraction of sp³-hybridized carbons (Fsp3) is 0.227. The number of amides is 3. The van der Waals surface area contributed by atoms with Crippen LogP contribution in [-0.4, -0.2) is 93.6 Å². The second kappa shape index (κ2) is 17.0. The summed E-state index contributed by atoms with van der Waals surface area (Å²) in [4.78, 5) is 57.6. The van der Waals surface area contributed by atoms with Gasteiger partial charge in [0.25, 0.3) is 11.8 Å². The lowest BCUT2D eigenvalue weighted by molar-refractivity contribution is 0.0982. The van der Waals surface area contributed by atoms with Gasteiger partial charge in [-0.25, -0.2) is 14.2 Å². The summed E-state index contributed by atoms with van der Waals surface area (Å²) in [5.74, 6) is 0.539. The molecule has 0 bridgehead atoms. The fourth-order valence-electron chi connectivity index (χ4n) is 7.87. The third-order valence-electron chi connectivity index (χ3n) is 10.8. The number of nitrogens with zero attached hydrogens (tertiary/aromatic N) is 4. The van der Waals surface area contributed by atoms with Crippen LogP contribution in [0, 0.1) is 5.82 Å². The van der Waals surface area contributed by atoms with Gasteiger partial charge in [-0.2, -0.15) is 0 Å². The van der Waals surface area contributed by atoms with Crippen molar-refractivity contribution in [3.05, 3.63) is 126 Å². The molecule has 0 spiro atoms. The molecule has 4 aromatic carbocycles. The van der Waals surface area contributed by atoms with E-state index in [1.807, 2.05) is 42.5 Å². The lowest BCUT2D eigenvalue weighted by Crippen LogP contribution is -2.49. The lowest BCUT2D eigenvalue weighted by Gasteiger charge is -2.34. The number of ether oxygens (including phenoxy) is 1. The van der Waals surface area contributed by atoms with Crippen LogP contribution in [0.25, 0.3) is 32.6 Å². The highest BCUT2D eigenvalue weighted by atomic mass is 35.5. The number of aromatic nitrogens is 3. The molecule has 9 rings (SSSR count). The van der Waals surface area contributed by atoms with Crippen LogP contribution in [0.1, 0.15) is 38.9 Å². The number of nitrogens with one attached hydrogen (secondary N) is 3. The maximum Gasteiger partial charge on any atom is 0.415 e. The van der Waals surface area contributed by atoms with E-state index < -0.39 is 6.09 Å². The van der Waals surface area contributed by atoms with Crippen LogP contribution < -0.4 is 15.0 Å². The Labute approximate surface area is 352 Å². The monoisotopic (exact) mass is 847 g/mol. The zero-order chi connectivity index (χ0) is 40.5. The maximum atomic E-state index is 14.3. The van der Waals surface area contributed by atoms with E-state index in [-0.39, 0.29) is 23.5 Å². The van der Waals surface area contributed by atoms with Crippen molar-refractivity contribution in [3.8, 4) is 5.75 Å². The smallest absolute Gasteiger partial charge is 0.409 e. The van der Waals surface area contributed by atoms with E-state index in [1.54, 1.807) is 80.0 Å². The van der Waals surface area contributed by atoms with Crippen molar-refractivity contribution in [1.82, 2.24) is 24.8 Å². The molecule has 0 radical (unpaired) electrons. The second-order valence-corrected chi connectivity index (χ2v) is 17.3. The number of anilines is 2. The molecule has 1 atom stereocenters. The molecular formula is C44H39ClFN7O4S2. The zero-order valence-corrected chi connectivity index (χ0v) is 34.1. The predicted molar refractivity (Wildman–Crippen MR) is 235 cm³/mol. The van der Waals surface area contributed by atoms with Crippen molar-refractivity contribution in [2.75, 3.05) is 61.1 Å². The number of H-pyrrole nitrogens is 2. The maximum absolute atomic E-state index is 14.3. The first-order valence-electron chi connectivity index (χ1n) is 19.4. The number of benzene rings is 4. The topological polar surface area (TPSA) is 127 Å². The number of halogens is 2. The molecule has 0 saturated carbocycles. The normalized spacial score (nSPS) is 15.6. The Hall–Kier alpha value is -5.54. The molecule has 5 heterocycles. The van der Waals surface area contributed by atoms with Crippen LogP contribution >= 0.6 is 33.2 Å². The van der Waals surface area contributed by atoms with Crippen LogP contribution in [0.4, 0.5) is 20.6 Å². The van der Waals surface area contributed by atoms with Crippen molar-refractivity contribution < 1.29 is 23.5 Å². The number of piperazine rings is 1. The first kappa shape index (κ1) is 38.9. The molecule has 59 heavy (non-hydrogen) atoms. The molecule has 0 aliphatic carbocycles. The molecule has 300 valence electrons. The van der Waals surface area contributed by atoms with E-state index >= 15 is 0 Å². The third kappa shape index (κ3) is 8.22. The summed E-state index contributed by atoms with van der Waals surface area (Å²) in [5.41, 5.74) is 4.15. The first-order valence-corrected chi connectivity index (χ1v) is 22.2. The van der Waals surface area contributed by atoms with E-state index in [2.05, 4.69) is 25.2 Å². The molecular weight excluding hydrogens is 809 g/mol. The minimum Gasteiger partial charge on any atom is -0.409 e. The molecule has 2 aliphatic heterocycles. The van der Waals surface area contributed by atoms with Crippen molar-refractivity contribution in [1.29, 1.82) is 0 Å². The minimum atomic E-state index is -0.418. The van der Waals surface area contributed by atoms with E-state index in [1.165, 1.54) is 12.1 Å². The standard InChI is InChI=1S/C44H39ClFN7O4S2/c45-25-29-26-53(43(55)37-23-28-21-31(10-12-35(28)50-37)48-42(54)36-22-27-20-30(46)9-11-34(27)49-36)38-24-39(32-6-1-2-7-33(32)41(29)38)57-44(56)52-17-15-51(16-18-52)14-5-19-58-59-40-8-3-4-13-47-40/h1-4,6-13,20-24,29,49-50H,5,14-19,25-26H2,(H,48,54). The molecule has 1 fully saturated rings. The summed E-state index contributed by atoms with van der Waals surface area (Å²) in [6, 6.07) is 28.5. The Balaban J connectivity index is 0.881. The highest BCUT2D eigenvalue weighted by molar-refractivity contribution is 8.76. The van der Waals surface area contributed by atoms with Crippen LogP contribution in [0.5, 0.6) is 5.75 Å². The SMILES string of the molecule is O=C(Nc1ccc2[nH]c(C(=O)N3CC(CCl)c4c3cc(OC(=O)N3CCN(CCCSSc5ccccn5)CC3)c3ccccc43)cc2c1)c1cc2cc(F)ccc2[nH]1. The lowest BCUT2D eigenvalue weighted by atomic mass is 9.95. The minimum absolute atomic E-state index is 0.141. The summed E-state index contributed by atoms with van der Waals surface area (Å²) < 4.78 is 19.9. The first-order chi connectivity index (χ1) is 28.8. The van der Waals surface area contributed by atoms with Crippen LogP contribution in [-0.2, 0) is 0 Å². The summed E-state index contributed by atoms with van der Waals surface area (Å²) in [6.07, 6.45) is 2.43. The highest BCUT2D eigenvalue weighted by Gasteiger charge is 2.36. The van der Waals surface area contributed by atoms with E-state index in [0.717, 1.165) is 58.6 Å². The molecule has 3 N–H and O–H groups in total. The van der Waals surface area contributed by atoms with Crippen molar-refractivity contribution >= 4 is 95.0 Å². The van der Waals surface area contributed by atoms with Gasteiger partial charge in [0.15, 0.2) is 0 Å². The molecule has 2 aliphatic rings. The fourth-order valence-corrected chi connectivity index (χ4v) is 10.1. The zero-order valence-electron chi connectivity index (χ0n) is 31.8. The van der Waals surface area contributed by atoms with Gasteiger partial charge < -0.3 is 29.8 Å². The van der Waals surface area contributed by atoms with Crippen molar-refractivity contribution in [2.24, 2.45) is 0 Å². The number of fused-ring (bicyclic) bond motifs is 5. The van der Waals surface area contributed by atoms with Crippen LogP contribution in [0.2, 0.25) is 0 Å². The largest absolute Gasteiger partial charge is 0.415 e. The number of hydrogen-bond acceptors (Lipinski definition) is 8.